The zero-order valence-corrected chi connectivity index (χ0v) is 10.3. The summed E-state index contributed by atoms with van der Waals surface area (Å²) < 4.78 is 5.28. The van der Waals surface area contributed by atoms with Crippen molar-refractivity contribution in [3.8, 4) is 0 Å². The third kappa shape index (κ3) is 6.88. The van der Waals surface area contributed by atoms with Gasteiger partial charge in [-0.3, -0.25) is 0 Å². The fraction of sp³-hybridized carbons (Fsp3) is 1.00. The highest BCUT2D eigenvalue weighted by molar-refractivity contribution is 4.82. The molecule has 0 amide bonds. The summed E-state index contributed by atoms with van der Waals surface area (Å²) in [5, 5.41) is 3.48. The summed E-state index contributed by atoms with van der Waals surface area (Å²) in [6, 6.07) is 0.893. The molecule has 0 saturated heterocycles. The Kier molecular flexibility index (Phi) is 6.98. The molecule has 90 valence electrons. The Bertz CT molecular complexity index is 149. The number of nitrogens with one attached hydrogen (secondary N) is 1. The van der Waals surface area contributed by atoms with E-state index >= 15 is 0 Å². The molecule has 0 spiro atoms. The molecule has 0 aromatic carbocycles. The third-order valence-electron chi connectivity index (χ3n) is 2.91. The first-order valence-electron chi connectivity index (χ1n) is 6.33. The molecule has 3 heteroatoms. The Morgan fingerprint density at radius 3 is 2.73 bits per heavy atom. The van der Waals surface area contributed by atoms with E-state index in [-0.39, 0.29) is 0 Å². The van der Waals surface area contributed by atoms with Crippen LogP contribution in [-0.2, 0) is 4.74 Å². The smallest absolute Gasteiger partial charge is 0.0466 e. The summed E-state index contributed by atoms with van der Waals surface area (Å²) in [5.74, 6) is 0. The molecule has 1 rings (SSSR count). The first-order chi connectivity index (χ1) is 7.34. The number of unbranched alkanes of at least 4 members (excludes halogenated alkanes) is 1. The molecule has 0 unspecified atom stereocenters. The Morgan fingerprint density at radius 1 is 1.27 bits per heavy atom. The van der Waals surface area contributed by atoms with Crippen LogP contribution in [0.2, 0.25) is 0 Å². The lowest BCUT2D eigenvalue weighted by Crippen LogP contribution is -2.31. The van der Waals surface area contributed by atoms with Gasteiger partial charge in [0, 0.05) is 32.3 Å². The number of hydrogen-bond acceptors (Lipinski definition) is 3. The predicted octanol–water partition coefficient (Wildman–Crippen LogP) is 1.49. The first-order valence-corrected chi connectivity index (χ1v) is 6.33. The van der Waals surface area contributed by atoms with Crippen molar-refractivity contribution in [1.82, 2.24) is 10.2 Å². The summed E-state index contributed by atoms with van der Waals surface area (Å²) in [7, 11) is 2.23. The average Bonchev–Trinajstić information content (AvgIpc) is 3.05. The van der Waals surface area contributed by atoms with Crippen molar-refractivity contribution >= 4 is 0 Å². The van der Waals surface area contributed by atoms with Crippen LogP contribution in [0, 0.1) is 0 Å². The molecule has 1 aliphatic rings. The molecular weight excluding hydrogens is 188 g/mol. The van der Waals surface area contributed by atoms with Crippen molar-refractivity contribution in [2.75, 3.05) is 39.9 Å². The minimum Gasteiger partial charge on any atom is -0.382 e. The predicted molar refractivity (Wildman–Crippen MR) is 64.2 cm³/mol. The van der Waals surface area contributed by atoms with Gasteiger partial charge in [-0.05, 0) is 46.2 Å². The number of ether oxygens (including phenoxy) is 1. The molecule has 0 atom stereocenters. The number of hydrogen-bond donors (Lipinski definition) is 1. The van der Waals surface area contributed by atoms with Gasteiger partial charge in [0.25, 0.3) is 0 Å². The van der Waals surface area contributed by atoms with Gasteiger partial charge in [-0.15, -0.1) is 0 Å². The zero-order chi connectivity index (χ0) is 10.9. The summed E-state index contributed by atoms with van der Waals surface area (Å²) in [6.07, 6.45) is 5.22. The van der Waals surface area contributed by atoms with Gasteiger partial charge in [-0.25, -0.2) is 0 Å². The van der Waals surface area contributed by atoms with E-state index < -0.39 is 0 Å². The van der Waals surface area contributed by atoms with Gasteiger partial charge in [0.05, 0.1) is 0 Å². The second kappa shape index (κ2) is 8.08. The zero-order valence-electron chi connectivity index (χ0n) is 10.3. The monoisotopic (exact) mass is 214 g/mol. The van der Waals surface area contributed by atoms with Gasteiger partial charge < -0.3 is 15.0 Å². The lowest BCUT2D eigenvalue weighted by atomic mass is 10.3. The molecule has 0 aliphatic heterocycles. The lowest BCUT2D eigenvalue weighted by Gasteiger charge is -2.15. The van der Waals surface area contributed by atoms with Crippen LogP contribution in [-0.4, -0.2) is 50.8 Å². The molecule has 1 fully saturated rings. The van der Waals surface area contributed by atoms with Gasteiger partial charge >= 0.3 is 0 Å². The second-order valence-electron chi connectivity index (χ2n) is 4.37. The SMILES string of the molecule is CCOCCCCNCCN(C)C1CC1. The van der Waals surface area contributed by atoms with Gasteiger partial charge in [0.15, 0.2) is 0 Å². The normalized spacial score (nSPS) is 16.2. The van der Waals surface area contributed by atoms with Crippen LogP contribution < -0.4 is 5.32 Å². The standard InChI is InChI=1S/C12H26N2O/c1-3-15-11-5-4-8-13-9-10-14(2)12-6-7-12/h12-13H,3-11H2,1-2H3. The van der Waals surface area contributed by atoms with Gasteiger partial charge in [0.1, 0.15) is 0 Å². The maximum Gasteiger partial charge on any atom is 0.0466 e. The van der Waals surface area contributed by atoms with Crippen molar-refractivity contribution < 1.29 is 4.74 Å². The van der Waals surface area contributed by atoms with E-state index in [4.69, 9.17) is 4.74 Å². The molecule has 0 radical (unpaired) electrons. The average molecular weight is 214 g/mol. The first kappa shape index (κ1) is 12.9. The highest BCUT2D eigenvalue weighted by Gasteiger charge is 2.25. The number of nitrogens with zero attached hydrogens (tertiary/aromatic N) is 1. The fourth-order valence-corrected chi connectivity index (χ4v) is 1.68. The van der Waals surface area contributed by atoms with Gasteiger partial charge in [0.2, 0.25) is 0 Å². The van der Waals surface area contributed by atoms with Crippen LogP contribution in [0.4, 0.5) is 0 Å². The summed E-state index contributed by atoms with van der Waals surface area (Å²) in [5.41, 5.74) is 0. The fourth-order valence-electron chi connectivity index (χ4n) is 1.68. The number of rotatable bonds is 10. The minimum absolute atomic E-state index is 0.847. The van der Waals surface area contributed by atoms with Crippen LogP contribution in [0.15, 0.2) is 0 Å². The second-order valence-corrected chi connectivity index (χ2v) is 4.37. The van der Waals surface area contributed by atoms with Crippen LogP contribution in [0.3, 0.4) is 0 Å². The van der Waals surface area contributed by atoms with Crippen LogP contribution >= 0.6 is 0 Å². The van der Waals surface area contributed by atoms with E-state index in [1.165, 1.54) is 32.2 Å². The van der Waals surface area contributed by atoms with Gasteiger partial charge in [-0.1, -0.05) is 0 Å². The van der Waals surface area contributed by atoms with Crippen LogP contribution in [0.5, 0.6) is 0 Å². The van der Waals surface area contributed by atoms with Crippen molar-refractivity contribution in [1.29, 1.82) is 0 Å². The summed E-state index contributed by atoms with van der Waals surface area (Å²) >= 11 is 0. The summed E-state index contributed by atoms with van der Waals surface area (Å²) in [4.78, 5) is 2.47. The Morgan fingerprint density at radius 2 is 2.07 bits per heavy atom. The van der Waals surface area contributed by atoms with Crippen molar-refractivity contribution in [3.05, 3.63) is 0 Å². The quantitative estimate of drug-likeness (QED) is 0.558. The minimum atomic E-state index is 0.847. The van der Waals surface area contributed by atoms with Gasteiger partial charge in [-0.2, -0.15) is 0 Å². The highest BCUT2D eigenvalue weighted by Crippen LogP contribution is 2.24. The van der Waals surface area contributed by atoms with E-state index in [0.717, 1.165) is 32.3 Å². The van der Waals surface area contributed by atoms with Crippen molar-refractivity contribution in [3.63, 3.8) is 0 Å². The molecule has 1 saturated carbocycles. The van der Waals surface area contributed by atoms with Crippen LogP contribution in [0.25, 0.3) is 0 Å². The van der Waals surface area contributed by atoms with E-state index in [2.05, 4.69) is 17.3 Å². The molecule has 3 nitrogen and oxygen atoms in total. The van der Waals surface area contributed by atoms with E-state index in [9.17, 15) is 0 Å². The van der Waals surface area contributed by atoms with E-state index in [0.29, 0.717) is 0 Å². The van der Waals surface area contributed by atoms with E-state index in [1.807, 2.05) is 6.92 Å². The molecule has 0 heterocycles. The largest absolute Gasteiger partial charge is 0.382 e. The maximum atomic E-state index is 5.28. The summed E-state index contributed by atoms with van der Waals surface area (Å²) in [6.45, 7) is 7.26. The molecule has 1 aliphatic carbocycles. The Balaban J connectivity index is 1.72. The maximum absolute atomic E-state index is 5.28. The third-order valence-corrected chi connectivity index (χ3v) is 2.91. The Labute approximate surface area is 94.2 Å². The molecular formula is C12H26N2O. The molecule has 0 aromatic heterocycles. The van der Waals surface area contributed by atoms with Crippen LogP contribution in [0.1, 0.15) is 32.6 Å². The topological polar surface area (TPSA) is 24.5 Å². The Hall–Kier alpha value is -0.120. The van der Waals surface area contributed by atoms with E-state index in [1.54, 1.807) is 0 Å². The lowest BCUT2D eigenvalue weighted by molar-refractivity contribution is 0.143. The molecule has 15 heavy (non-hydrogen) atoms. The highest BCUT2D eigenvalue weighted by atomic mass is 16.5. The molecule has 0 aromatic rings. The number of likely N-dealkylation sites (N-methyl/N-ethyl adjacent to an activating group) is 1. The molecule has 0 bridgehead atoms. The molecule has 1 N–H and O–H groups in total. The van der Waals surface area contributed by atoms with Crippen molar-refractivity contribution in [2.24, 2.45) is 0 Å². The van der Waals surface area contributed by atoms with Crippen molar-refractivity contribution in [2.45, 2.75) is 38.6 Å².